The van der Waals surface area contributed by atoms with Gasteiger partial charge in [0.15, 0.2) is 5.78 Å². The highest BCUT2D eigenvalue weighted by Gasteiger charge is 2.31. The zero-order chi connectivity index (χ0) is 16.8. The molecule has 0 fully saturated rings. The minimum atomic E-state index is -1.02. The summed E-state index contributed by atoms with van der Waals surface area (Å²) >= 11 is 0. The minimum Gasteiger partial charge on any atom is -0.480 e. The molecule has 0 aliphatic rings. The molecule has 0 saturated heterocycles. The van der Waals surface area contributed by atoms with E-state index < -0.39 is 17.9 Å². The van der Waals surface area contributed by atoms with Crippen LogP contribution in [0.2, 0.25) is 0 Å². The summed E-state index contributed by atoms with van der Waals surface area (Å²) in [6.45, 7) is 3.55. The molecule has 2 aromatic carbocycles. The quantitative estimate of drug-likeness (QED) is 0.770. The number of nitrogens with one attached hydrogen (secondary N) is 1. The van der Waals surface area contributed by atoms with Gasteiger partial charge in [0.25, 0.3) is 0 Å². The summed E-state index contributed by atoms with van der Waals surface area (Å²) in [4.78, 5) is 24.1. The Kier molecular flexibility index (Phi) is 5.66. The van der Waals surface area contributed by atoms with Gasteiger partial charge in [0.2, 0.25) is 0 Å². The predicted molar refractivity (Wildman–Crippen MR) is 89.4 cm³/mol. The Bertz CT molecular complexity index is 655. The average molecular weight is 311 g/mol. The smallest absolute Gasteiger partial charge is 0.321 e. The summed E-state index contributed by atoms with van der Waals surface area (Å²) in [5.41, 5.74) is 1.51. The Hall–Kier alpha value is -2.46. The molecule has 0 spiro atoms. The van der Waals surface area contributed by atoms with Crippen molar-refractivity contribution in [2.75, 3.05) is 0 Å². The van der Waals surface area contributed by atoms with Gasteiger partial charge in [-0.3, -0.25) is 14.9 Å². The van der Waals surface area contributed by atoms with Crippen molar-refractivity contribution in [1.29, 1.82) is 0 Å². The lowest BCUT2D eigenvalue weighted by Crippen LogP contribution is -2.45. The Morgan fingerprint density at radius 1 is 0.913 bits per heavy atom. The number of hydrogen-bond donors (Lipinski definition) is 2. The van der Waals surface area contributed by atoms with Gasteiger partial charge in [-0.1, -0.05) is 67.6 Å². The molecule has 2 aromatic rings. The van der Waals surface area contributed by atoms with Crippen LogP contribution in [0.3, 0.4) is 0 Å². The van der Waals surface area contributed by atoms with Crippen LogP contribution in [-0.2, 0) is 4.79 Å². The van der Waals surface area contributed by atoms with Crippen LogP contribution >= 0.6 is 0 Å². The number of aliphatic carboxylic acids is 1. The Morgan fingerprint density at radius 3 is 1.96 bits per heavy atom. The molecule has 0 unspecified atom stereocenters. The van der Waals surface area contributed by atoms with Crippen molar-refractivity contribution in [3.63, 3.8) is 0 Å². The van der Waals surface area contributed by atoms with Crippen LogP contribution in [-0.4, -0.2) is 22.9 Å². The SMILES string of the molecule is C[C@H](C(=O)c1ccccc1)[C@@H](N[C@H](C)c1ccccc1)C(=O)O. The van der Waals surface area contributed by atoms with Gasteiger partial charge in [0.1, 0.15) is 6.04 Å². The lowest BCUT2D eigenvalue weighted by atomic mass is 9.91. The number of rotatable bonds is 7. The van der Waals surface area contributed by atoms with Gasteiger partial charge in [-0.05, 0) is 12.5 Å². The summed E-state index contributed by atoms with van der Waals surface area (Å²) in [7, 11) is 0. The number of Topliss-reactive ketones (excluding diaryl/α,β-unsaturated/α-hetero) is 1. The van der Waals surface area contributed by atoms with Crippen LogP contribution in [0.25, 0.3) is 0 Å². The third-order valence-corrected chi connectivity index (χ3v) is 3.97. The summed E-state index contributed by atoms with van der Waals surface area (Å²) in [5, 5.41) is 12.6. The molecular formula is C19H21NO3. The van der Waals surface area contributed by atoms with Gasteiger partial charge in [-0.2, -0.15) is 0 Å². The lowest BCUT2D eigenvalue weighted by molar-refractivity contribution is -0.140. The van der Waals surface area contributed by atoms with Crippen molar-refractivity contribution in [3.05, 3.63) is 71.8 Å². The van der Waals surface area contributed by atoms with Crippen LogP contribution in [0.1, 0.15) is 35.8 Å². The van der Waals surface area contributed by atoms with Crippen LogP contribution < -0.4 is 5.32 Å². The molecule has 0 aliphatic carbocycles. The minimum absolute atomic E-state index is 0.164. The molecule has 0 radical (unpaired) electrons. The first kappa shape index (κ1) is 16.9. The Balaban J connectivity index is 2.15. The van der Waals surface area contributed by atoms with Gasteiger partial charge >= 0.3 is 5.97 Å². The molecule has 0 amide bonds. The summed E-state index contributed by atoms with van der Waals surface area (Å²) in [6.07, 6.45) is 0. The van der Waals surface area contributed by atoms with E-state index in [-0.39, 0.29) is 11.8 Å². The fourth-order valence-corrected chi connectivity index (χ4v) is 2.55. The molecule has 0 bridgehead atoms. The molecule has 0 aliphatic heterocycles. The third-order valence-electron chi connectivity index (χ3n) is 3.97. The van der Waals surface area contributed by atoms with E-state index in [4.69, 9.17) is 0 Å². The maximum Gasteiger partial charge on any atom is 0.321 e. The van der Waals surface area contributed by atoms with Gasteiger partial charge in [0.05, 0.1) is 0 Å². The zero-order valence-corrected chi connectivity index (χ0v) is 13.3. The van der Waals surface area contributed by atoms with Crippen molar-refractivity contribution in [1.82, 2.24) is 5.32 Å². The van der Waals surface area contributed by atoms with Gasteiger partial charge in [0, 0.05) is 17.5 Å². The molecule has 0 saturated carbocycles. The molecular weight excluding hydrogens is 290 g/mol. The molecule has 0 heterocycles. The monoisotopic (exact) mass is 311 g/mol. The van der Waals surface area contributed by atoms with E-state index in [1.54, 1.807) is 31.2 Å². The normalized spacial score (nSPS) is 14.7. The van der Waals surface area contributed by atoms with E-state index in [1.807, 2.05) is 43.3 Å². The number of ketones is 1. The largest absolute Gasteiger partial charge is 0.480 e. The maximum absolute atomic E-state index is 12.5. The number of carbonyl (C=O) groups is 2. The van der Waals surface area contributed by atoms with Crippen LogP contribution in [0.5, 0.6) is 0 Å². The summed E-state index contributed by atoms with van der Waals surface area (Å²) in [6, 6.07) is 17.3. The lowest BCUT2D eigenvalue weighted by Gasteiger charge is -2.25. The molecule has 3 atom stereocenters. The van der Waals surface area contributed by atoms with Crippen molar-refractivity contribution in [3.8, 4) is 0 Å². The van der Waals surface area contributed by atoms with E-state index in [1.165, 1.54) is 0 Å². The van der Waals surface area contributed by atoms with Crippen LogP contribution in [0.4, 0.5) is 0 Å². The van der Waals surface area contributed by atoms with E-state index in [0.29, 0.717) is 5.56 Å². The molecule has 120 valence electrons. The second-order valence-electron chi connectivity index (χ2n) is 5.63. The van der Waals surface area contributed by atoms with Crippen molar-refractivity contribution < 1.29 is 14.7 Å². The van der Waals surface area contributed by atoms with E-state index >= 15 is 0 Å². The van der Waals surface area contributed by atoms with Gasteiger partial charge < -0.3 is 5.11 Å². The van der Waals surface area contributed by atoms with Crippen LogP contribution in [0, 0.1) is 5.92 Å². The molecule has 4 heteroatoms. The number of benzene rings is 2. The number of carbonyl (C=O) groups excluding carboxylic acids is 1. The highest BCUT2D eigenvalue weighted by molar-refractivity contribution is 6.00. The van der Waals surface area contributed by atoms with Gasteiger partial charge in [-0.15, -0.1) is 0 Å². The maximum atomic E-state index is 12.5. The van der Waals surface area contributed by atoms with Crippen molar-refractivity contribution in [2.24, 2.45) is 5.92 Å². The number of carboxylic acid groups (broad SMARTS) is 1. The second-order valence-corrected chi connectivity index (χ2v) is 5.63. The zero-order valence-electron chi connectivity index (χ0n) is 13.3. The summed E-state index contributed by atoms with van der Waals surface area (Å²) in [5.74, 6) is -1.86. The van der Waals surface area contributed by atoms with Crippen molar-refractivity contribution in [2.45, 2.75) is 25.9 Å². The number of carboxylic acids is 1. The Labute approximate surface area is 136 Å². The average Bonchev–Trinajstić information content (AvgIpc) is 2.59. The fourth-order valence-electron chi connectivity index (χ4n) is 2.55. The number of hydrogen-bond acceptors (Lipinski definition) is 3. The highest BCUT2D eigenvalue weighted by Crippen LogP contribution is 2.18. The first-order chi connectivity index (χ1) is 11.0. The first-order valence-corrected chi connectivity index (χ1v) is 7.63. The molecule has 2 N–H and O–H groups in total. The molecule has 4 nitrogen and oxygen atoms in total. The van der Waals surface area contributed by atoms with Crippen molar-refractivity contribution >= 4 is 11.8 Å². The standard InChI is InChI=1S/C19H21NO3/c1-13(18(21)16-11-7-4-8-12-16)17(19(22)23)20-14(2)15-9-5-3-6-10-15/h3-14,17,20H,1-2H3,(H,22,23)/t13-,14+,17+/m0/s1. The Morgan fingerprint density at radius 2 is 1.43 bits per heavy atom. The first-order valence-electron chi connectivity index (χ1n) is 7.63. The topological polar surface area (TPSA) is 66.4 Å². The molecule has 0 aromatic heterocycles. The second kappa shape index (κ2) is 7.70. The summed E-state index contributed by atoms with van der Waals surface area (Å²) < 4.78 is 0. The van der Waals surface area contributed by atoms with Gasteiger partial charge in [-0.25, -0.2) is 0 Å². The fraction of sp³-hybridized carbons (Fsp3) is 0.263. The van der Waals surface area contributed by atoms with Crippen LogP contribution in [0.15, 0.2) is 60.7 Å². The van der Waals surface area contributed by atoms with E-state index in [2.05, 4.69) is 5.32 Å². The highest BCUT2D eigenvalue weighted by atomic mass is 16.4. The van der Waals surface area contributed by atoms with E-state index in [9.17, 15) is 14.7 Å². The molecule has 23 heavy (non-hydrogen) atoms. The molecule has 2 rings (SSSR count). The predicted octanol–water partition coefficient (Wildman–Crippen LogP) is 3.31. The third kappa shape index (κ3) is 4.27. The van der Waals surface area contributed by atoms with E-state index in [0.717, 1.165) is 5.56 Å².